The molecular weight excluding hydrogens is 234 g/mol. The minimum atomic E-state index is 0.484. The summed E-state index contributed by atoms with van der Waals surface area (Å²) in [7, 11) is 0. The lowest BCUT2D eigenvalue weighted by molar-refractivity contribution is 0.230. The Morgan fingerprint density at radius 2 is 2.25 bits per heavy atom. The molecule has 0 aromatic heterocycles. The summed E-state index contributed by atoms with van der Waals surface area (Å²) in [6, 6.07) is 1.37. The fraction of sp³-hybridized carbons (Fsp3) is 1.00. The zero-order valence-electron chi connectivity index (χ0n) is 11.2. The van der Waals surface area contributed by atoms with Crippen LogP contribution in [0.3, 0.4) is 0 Å². The minimum Gasteiger partial charge on any atom is -0.310 e. The minimum absolute atomic E-state index is 0.484. The van der Waals surface area contributed by atoms with Gasteiger partial charge < -0.3 is 5.32 Å². The second kappa shape index (κ2) is 7.17. The molecule has 1 N–H and O–H groups in total. The molecule has 1 aliphatic rings. The van der Waals surface area contributed by atoms with Crippen molar-refractivity contribution >= 4 is 23.5 Å². The molecule has 0 saturated carbocycles. The second-order valence-corrected chi connectivity index (χ2v) is 7.96. The Morgan fingerprint density at radius 3 is 2.88 bits per heavy atom. The Bertz CT molecular complexity index is 194. The van der Waals surface area contributed by atoms with Gasteiger partial charge >= 0.3 is 0 Å². The van der Waals surface area contributed by atoms with Crippen LogP contribution >= 0.6 is 23.5 Å². The van der Waals surface area contributed by atoms with Crippen LogP contribution < -0.4 is 5.32 Å². The summed E-state index contributed by atoms with van der Waals surface area (Å²) in [5.74, 6) is 5.17. The molecule has 1 fully saturated rings. The molecule has 16 heavy (non-hydrogen) atoms. The van der Waals surface area contributed by atoms with Crippen molar-refractivity contribution in [1.82, 2.24) is 5.32 Å². The van der Waals surface area contributed by atoms with E-state index < -0.39 is 0 Å². The molecule has 0 aromatic carbocycles. The van der Waals surface area contributed by atoms with Gasteiger partial charge in [0.15, 0.2) is 0 Å². The molecule has 1 rings (SSSR count). The number of hydrogen-bond acceptors (Lipinski definition) is 3. The van der Waals surface area contributed by atoms with E-state index in [9.17, 15) is 0 Å². The van der Waals surface area contributed by atoms with Crippen LogP contribution in [0.4, 0.5) is 0 Å². The van der Waals surface area contributed by atoms with Crippen LogP contribution in [0.5, 0.6) is 0 Å². The lowest BCUT2D eigenvalue weighted by atomic mass is 9.82. The van der Waals surface area contributed by atoms with Crippen molar-refractivity contribution in [1.29, 1.82) is 0 Å². The maximum atomic E-state index is 3.83. The molecule has 96 valence electrons. The molecule has 2 unspecified atom stereocenters. The topological polar surface area (TPSA) is 12.0 Å². The van der Waals surface area contributed by atoms with Gasteiger partial charge in [-0.25, -0.2) is 0 Å². The molecule has 0 bridgehead atoms. The first-order valence-corrected chi connectivity index (χ1v) is 8.78. The zero-order valence-corrected chi connectivity index (χ0v) is 12.8. The molecule has 1 saturated heterocycles. The largest absolute Gasteiger partial charge is 0.310 e. The molecular formula is C13H27NS2. The summed E-state index contributed by atoms with van der Waals surface area (Å²) in [5.41, 5.74) is 0.484. The molecule has 0 aliphatic carbocycles. The second-order valence-electron chi connectivity index (χ2n) is 5.42. The summed E-state index contributed by atoms with van der Waals surface area (Å²) in [6.07, 6.45) is 2.65. The lowest BCUT2D eigenvalue weighted by Crippen LogP contribution is -2.50. The predicted octanol–water partition coefficient (Wildman–Crippen LogP) is 3.64. The van der Waals surface area contributed by atoms with Crippen LogP contribution in [0.1, 0.15) is 40.5 Å². The lowest BCUT2D eigenvalue weighted by Gasteiger charge is -2.40. The normalized spacial score (nSPS) is 26.6. The third-order valence-corrected chi connectivity index (χ3v) is 5.50. The molecule has 1 aliphatic heterocycles. The molecule has 1 heterocycles. The van der Waals surface area contributed by atoms with E-state index in [1.54, 1.807) is 0 Å². The molecule has 1 nitrogen and oxygen atoms in total. The Balaban J connectivity index is 2.28. The molecule has 0 spiro atoms. The summed E-state index contributed by atoms with van der Waals surface area (Å²) in [5, 5.41) is 3.83. The van der Waals surface area contributed by atoms with E-state index in [4.69, 9.17) is 0 Å². The van der Waals surface area contributed by atoms with Crippen molar-refractivity contribution in [2.24, 2.45) is 5.41 Å². The zero-order chi connectivity index (χ0) is 12.0. The van der Waals surface area contributed by atoms with Crippen LogP contribution in [-0.4, -0.2) is 35.1 Å². The van der Waals surface area contributed by atoms with E-state index in [0.29, 0.717) is 17.5 Å². The van der Waals surface area contributed by atoms with Crippen molar-refractivity contribution in [3.05, 3.63) is 0 Å². The number of thioether (sulfide) groups is 2. The van der Waals surface area contributed by atoms with Crippen LogP contribution in [0.25, 0.3) is 0 Å². The van der Waals surface area contributed by atoms with Crippen molar-refractivity contribution in [2.75, 3.05) is 23.0 Å². The predicted molar refractivity (Wildman–Crippen MR) is 79.7 cm³/mol. The fourth-order valence-electron chi connectivity index (χ4n) is 2.04. The van der Waals surface area contributed by atoms with Crippen molar-refractivity contribution in [3.8, 4) is 0 Å². The Hall–Kier alpha value is 0.660. The van der Waals surface area contributed by atoms with E-state index in [1.165, 1.54) is 35.9 Å². The third kappa shape index (κ3) is 4.89. The monoisotopic (exact) mass is 261 g/mol. The third-order valence-electron chi connectivity index (χ3n) is 3.50. The van der Waals surface area contributed by atoms with Crippen LogP contribution in [0, 0.1) is 5.41 Å². The highest BCUT2D eigenvalue weighted by Crippen LogP contribution is 2.34. The summed E-state index contributed by atoms with van der Waals surface area (Å²) in [6.45, 7) is 9.41. The van der Waals surface area contributed by atoms with Crippen molar-refractivity contribution in [3.63, 3.8) is 0 Å². The first kappa shape index (κ1) is 14.7. The highest BCUT2D eigenvalue weighted by Gasteiger charge is 2.32. The van der Waals surface area contributed by atoms with Gasteiger partial charge in [0.1, 0.15) is 0 Å². The van der Waals surface area contributed by atoms with Crippen molar-refractivity contribution < 1.29 is 0 Å². The number of rotatable bonds is 6. The van der Waals surface area contributed by atoms with Gasteiger partial charge in [-0.3, -0.25) is 0 Å². The fourth-order valence-corrected chi connectivity index (χ4v) is 4.47. The van der Waals surface area contributed by atoms with Crippen LogP contribution in [-0.2, 0) is 0 Å². The standard InChI is InChI=1S/C13H27NS2/c1-5-15-8-6-11(2)14-12-10-16-9-7-13(12,3)4/h11-12,14H,5-10H2,1-4H3. The maximum absolute atomic E-state index is 3.83. The van der Waals surface area contributed by atoms with Gasteiger partial charge in [-0.15, -0.1) is 0 Å². The molecule has 0 amide bonds. The molecule has 0 radical (unpaired) electrons. The highest BCUT2D eigenvalue weighted by molar-refractivity contribution is 7.99. The number of hydrogen-bond donors (Lipinski definition) is 1. The first-order chi connectivity index (χ1) is 7.56. The average Bonchev–Trinajstić information content (AvgIpc) is 2.21. The van der Waals surface area contributed by atoms with Gasteiger partial charge in [0.2, 0.25) is 0 Å². The van der Waals surface area contributed by atoms with E-state index in [0.717, 1.165) is 0 Å². The van der Waals surface area contributed by atoms with Crippen LogP contribution in [0.15, 0.2) is 0 Å². The van der Waals surface area contributed by atoms with Gasteiger partial charge in [-0.1, -0.05) is 20.8 Å². The quantitative estimate of drug-likeness (QED) is 0.733. The number of nitrogens with one attached hydrogen (secondary N) is 1. The van der Waals surface area contributed by atoms with Gasteiger partial charge in [0.05, 0.1) is 0 Å². The van der Waals surface area contributed by atoms with E-state index in [-0.39, 0.29) is 0 Å². The summed E-state index contributed by atoms with van der Waals surface area (Å²) >= 11 is 4.16. The van der Waals surface area contributed by atoms with Crippen molar-refractivity contribution in [2.45, 2.75) is 52.6 Å². The van der Waals surface area contributed by atoms with Gasteiger partial charge in [-0.2, -0.15) is 23.5 Å². The Morgan fingerprint density at radius 1 is 1.50 bits per heavy atom. The molecule has 0 aromatic rings. The van der Waals surface area contributed by atoms with Gasteiger partial charge in [0, 0.05) is 17.8 Å². The SMILES string of the molecule is CCSCCC(C)NC1CSCCC1(C)C. The maximum Gasteiger partial charge on any atom is 0.0212 e. The van der Waals surface area contributed by atoms with E-state index >= 15 is 0 Å². The molecule has 3 heteroatoms. The highest BCUT2D eigenvalue weighted by atomic mass is 32.2. The van der Waals surface area contributed by atoms with E-state index in [2.05, 4.69) is 56.5 Å². The Labute approximate surface area is 110 Å². The average molecular weight is 262 g/mol. The van der Waals surface area contributed by atoms with Gasteiger partial charge in [0.25, 0.3) is 0 Å². The van der Waals surface area contributed by atoms with Gasteiger partial charge in [-0.05, 0) is 42.4 Å². The Kier molecular flexibility index (Phi) is 6.60. The smallest absolute Gasteiger partial charge is 0.0212 e. The van der Waals surface area contributed by atoms with E-state index in [1.807, 2.05) is 0 Å². The van der Waals surface area contributed by atoms with Crippen LogP contribution in [0.2, 0.25) is 0 Å². The molecule has 2 atom stereocenters. The summed E-state index contributed by atoms with van der Waals surface area (Å²) in [4.78, 5) is 0. The first-order valence-electron chi connectivity index (χ1n) is 6.48. The summed E-state index contributed by atoms with van der Waals surface area (Å²) < 4.78 is 0.